The third-order valence-electron chi connectivity index (χ3n) is 7.15. The molecule has 2 aliphatic heterocycles. The Morgan fingerprint density at radius 1 is 1.13 bits per heavy atom. The van der Waals surface area contributed by atoms with Gasteiger partial charge in [-0.15, -0.1) is 10.2 Å². The largest absolute Gasteiger partial charge is 0.493 e. The van der Waals surface area contributed by atoms with Crippen molar-refractivity contribution in [3.63, 3.8) is 0 Å². The summed E-state index contributed by atoms with van der Waals surface area (Å²) in [4.78, 5) is 2.67. The summed E-state index contributed by atoms with van der Waals surface area (Å²) in [5, 5.41) is 12.2. The van der Waals surface area contributed by atoms with Crippen LogP contribution >= 0.6 is 0 Å². The first-order valence-electron chi connectivity index (χ1n) is 11.4. The highest BCUT2D eigenvalue weighted by molar-refractivity contribution is 5.64. The van der Waals surface area contributed by atoms with E-state index in [1.165, 1.54) is 38.5 Å². The van der Waals surface area contributed by atoms with Crippen molar-refractivity contribution in [1.82, 2.24) is 15.1 Å². The minimum absolute atomic E-state index is 0.312. The van der Waals surface area contributed by atoms with Crippen LogP contribution in [0.3, 0.4) is 0 Å². The van der Waals surface area contributed by atoms with Crippen LogP contribution in [-0.2, 0) is 4.74 Å². The molecule has 6 nitrogen and oxygen atoms in total. The molecule has 5 rings (SSSR count). The molecule has 0 unspecified atom stereocenters. The Hall–Kier alpha value is -2.25. The molecule has 1 aromatic heterocycles. The van der Waals surface area contributed by atoms with Crippen LogP contribution < -0.4 is 10.1 Å². The number of aromatic nitrogens is 2. The average Bonchev–Trinajstić information content (AvgIpc) is 3.33. The number of anilines is 1. The average molecular weight is 427 g/mol. The van der Waals surface area contributed by atoms with Gasteiger partial charge in [-0.25, -0.2) is 4.39 Å². The molecule has 1 aliphatic carbocycles. The van der Waals surface area contributed by atoms with Crippen LogP contribution in [0.1, 0.15) is 25.7 Å². The standard InChI is InChI=1S/C24H31FN4O2/c1-30-23-12-22(20-4-2-3-5-21(20)25)27-28-24(23)26-19-10-17-14-29(15-18(17)11-19)13-16-6-8-31-9-7-16/h2-5,12,16-19H,6-11,13-15H2,1H3,(H,26,28)/t17-,18+,19-. The van der Waals surface area contributed by atoms with E-state index in [0.29, 0.717) is 28.9 Å². The number of halogens is 1. The number of nitrogens with zero attached hydrogens (tertiary/aromatic N) is 3. The van der Waals surface area contributed by atoms with Crippen LogP contribution in [0.15, 0.2) is 30.3 Å². The van der Waals surface area contributed by atoms with Gasteiger partial charge in [0.25, 0.3) is 0 Å². The van der Waals surface area contributed by atoms with E-state index in [2.05, 4.69) is 20.4 Å². The van der Waals surface area contributed by atoms with Crippen molar-refractivity contribution in [1.29, 1.82) is 0 Å². The molecule has 2 aromatic rings. The zero-order valence-corrected chi connectivity index (χ0v) is 18.1. The summed E-state index contributed by atoms with van der Waals surface area (Å²) >= 11 is 0. The van der Waals surface area contributed by atoms with Gasteiger partial charge >= 0.3 is 0 Å². The summed E-state index contributed by atoms with van der Waals surface area (Å²) in [6, 6.07) is 8.73. The second-order valence-electron chi connectivity index (χ2n) is 9.23. The molecule has 0 bridgehead atoms. The molecular weight excluding hydrogens is 395 g/mol. The molecule has 3 aliphatic rings. The van der Waals surface area contributed by atoms with Gasteiger partial charge in [-0.3, -0.25) is 0 Å². The number of hydrogen-bond acceptors (Lipinski definition) is 6. The van der Waals surface area contributed by atoms with Crippen molar-refractivity contribution < 1.29 is 13.9 Å². The first-order valence-corrected chi connectivity index (χ1v) is 11.4. The molecular formula is C24H31FN4O2. The summed E-state index contributed by atoms with van der Waals surface area (Å²) in [7, 11) is 1.62. The number of rotatable bonds is 6. The molecule has 0 amide bonds. The van der Waals surface area contributed by atoms with Crippen LogP contribution in [-0.4, -0.2) is 61.1 Å². The SMILES string of the molecule is COc1cc(-c2ccccc2F)nnc1N[C@@H]1C[C@@H]2CN(CC3CCOCC3)C[C@@H]2C1. The van der Waals surface area contributed by atoms with E-state index >= 15 is 0 Å². The highest BCUT2D eigenvalue weighted by Crippen LogP contribution is 2.40. The Morgan fingerprint density at radius 2 is 1.87 bits per heavy atom. The number of nitrogens with one attached hydrogen (secondary N) is 1. The van der Waals surface area contributed by atoms with Crippen molar-refractivity contribution in [3.8, 4) is 17.0 Å². The van der Waals surface area contributed by atoms with Gasteiger partial charge in [-0.2, -0.15) is 0 Å². The maximum Gasteiger partial charge on any atom is 0.191 e. The quantitative estimate of drug-likeness (QED) is 0.757. The van der Waals surface area contributed by atoms with Gasteiger partial charge in [0.15, 0.2) is 11.6 Å². The number of methoxy groups -OCH3 is 1. The number of fused-ring (bicyclic) bond motifs is 1. The number of hydrogen-bond donors (Lipinski definition) is 1. The number of likely N-dealkylation sites (tertiary alicyclic amines) is 1. The maximum absolute atomic E-state index is 14.1. The molecule has 1 saturated carbocycles. The fraction of sp³-hybridized carbons (Fsp3) is 0.583. The monoisotopic (exact) mass is 426 g/mol. The van der Waals surface area contributed by atoms with E-state index in [9.17, 15) is 4.39 Å². The lowest BCUT2D eigenvalue weighted by Gasteiger charge is -2.27. The van der Waals surface area contributed by atoms with Crippen LogP contribution in [0.5, 0.6) is 5.75 Å². The van der Waals surface area contributed by atoms with Gasteiger partial charge in [0, 0.05) is 50.5 Å². The highest BCUT2D eigenvalue weighted by atomic mass is 19.1. The van der Waals surface area contributed by atoms with Gasteiger partial charge in [-0.05, 0) is 55.6 Å². The van der Waals surface area contributed by atoms with Crippen molar-refractivity contribution in [2.24, 2.45) is 17.8 Å². The molecule has 0 radical (unpaired) electrons. The van der Waals surface area contributed by atoms with Crippen molar-refractivity contribution in [2.75, 3.05) is 45.3 Å². The van der Waals surface area contributed by atoms with E-state index in [4.69, 9.17) is 9.47 Å². The molecule has 31 heavy (non-hydrogen) atoms. The molecule has 7 heteroatoms. The first-order chi connectivity index (χ1) is 15.2. The van der Waals surface area contributed by atoms with Gasteiger partial charge in [0.1, 0.15) is 5.82 Å². The summed E-state index contributed by atoms with van der Waals surface area (Å²) in [5.41, 5.74) is 0.910. The smallest absolute Gasteiger partial charge is 0.191 e. The molecule has 1 N–H and O–H groups in total. The van der Waals surface area contributed by atoms with Gasteiger partial charge in [-0.1, -0.05) is 12.1 Å². The molecule has 3 fully saturated rings. The Morgan fingerprint density at radius 3 is 2.58 bits per heavy atom. The number of benzene rings is 1. The third-order valence-corrected chi connectivity index (χ3v) is 7.15. The van der Waals surface area contributed by atoms with Crippen molar-refractivity contribution >= 4 is 5.82 Å². The Bertz CT molecular complexity index is 891. The second kappa shape index (κ2) is 9.09. The normalized spacial score (nSPS) is 26.7. The van der Waals surface area contributed by atoms with Crippen LogP contribution in [0, 0.1) is 23.6 Å². The van der Waals surface area contributed by atoms with E-state index < -0.39 is 0 Å². The maximum atomic E-state index is 14.1. The first kappa shape index (κ1) is 20.6. The topological polar surface area (TPSA) is 59.5 Å². The van der Waals surface area contributed by atoms with E-state index in [1.807, 2.05) is 0 Å². The lowest BCUT2D eigenvalue weighted by molar-refractivity contribution is 0.0545. The molecule has 1 aromatic carbocycles. The molecule has 3 heterocycles. The van der Waals surface area contributed by atoms with E-state index in [1.54, 1.807) is 31.4 Å². The highest BCUT2D eigenvalue weighted by Gasteiger charge is 2.41. The van der Waals surface area contributed by atoms with Gasteiger partial charge < -0.3 is 19.7 Å². The molecule has 2 saturated heterocycles. The fourth-order valence-electron chi connectivity index (χ4n) is 5.58. The van der Waals surface area contributed by atoms with Crippen LogP contribution in [0.2, 0.25) is 0 Å². The van der Waals surface area contributed by atoms with Gasteiger partial charge in [0.05, 0.1) is 12.8 Å². The van der Waals surface area contributed by atoms with Crippen LogP contribution in [0.25, 0.3) is 11.3 Å². The number of ether oxygens (including phenoxy) is 2. The second-order valence-corrected chi connectivity index (χ2v) is 9.23. The molecule has 0 spiro atoms. The van der Waals surface area contributed by atoms with E-state index in [0.717, 1.165) is 43.8 Å². The molecule has 3 atom stereocenters. The van der Waals surface area contributed by atoms with E-state index in [-0.39, 0.29) is 5.82 Å². The predicted molar refractivity (Wildman–Crippen MR) is 118 cm³/mol. The Balaban J connectivity index is 1.19. The van der Waals surface area contributed by atoms with Crippen LogP contribution in [0.4, 0.5) is 10.2 Å². The predicted octanol–water partition coefficient (Wildman–Crippen LogP) is 3.84. The third kappa shape index (κ3) is 4.53. The molecule has 166 valence electrons. The summed E-state index contributed by atoms with van der Waals surface area (Å²) < 4.78 is 25.2. The zero-order chi connectivity index (χ0) is 21.2. The van der Waals surface area contributed by atoms with Crippen molar-refractivity contribution in [3.05, 3.63) is 36.1 Å². The lowest BCUT2D eigenvalue weighted by Crippen LogP contribution is -2.32. The lowest BCUT2D eigenvalue weighted by atomic mass is 10.00. The minimum atomic E-state index is -0.312. The summed E-state index contributed by atoms with van der Waals surface area (Å²) in [5.74, 6) is 3.23. The summed E-state index contributed by atoms with van der Waals surface area (Å²) in [6.45, 7) is 5.49. The Kier molecular flexibility index (Phi) is 6.05. The minimum Gasteiger partial charge on any atom is -0.493 e. The van der Waals surface area contributed by atoms with Crippen molar-refractivity contribution in [2.45, 2.75) is 31.7 Å². The fourth-order valence-corrected chi connectivity index (χ4v) is 5.58. The van der Waals surface area contributed by atoms with Gasteiger partial charge in [0.2, 0.25) is 0 Å². The Labute approximate surface area is 183 Å². The summed E-state index contributed by atoms with van der Waals surface area (Å²) in [6.07, 6.45) is 4.71. The zero-order valence-electron chi connectivity index (χ0n) is 18.1.